The number of unbranched alkanes of at least 4 members (excludes halogenated alkanes) is 3. The lowest BCUT2D eigenvalue weighted by atomic mass is 9.92. The first-order chi connectivity index (χ1) is 12.6. The molecule has 27 heavy (non-hydrogen) atoms. The Morgan fingerprint density at radius 3 is 1.81 bits per heavy atom. The van der Waals surface area contributed by atoms with Crippen molar-refractivity contribution < 1.29 is 4.74 Å². The average Bonchev–Trinajstić information content (AvgIpc) is 3.19. The van der Waals surface area contributed by atoms with Crippen molar-refractivity contribution in [3.05, 3.63) is 0 Å². The fraction of sp³-hybridized carbons (Fsp3) is 1.00. The van der Waals surface area contributed by atoms with Crippen molar-refractivity contribution >= 4 is 8.07 Å². The van der Waals surface area contributed by atoms with E-state index in [1.165, 1.54) is 38.5 Å². The molecular weight excluding hydrogens is 344 g/mol. The van der Waals surface area contributed by atoms with E-state index in [1.807, 2.05) is 0 Å². The van der Waals surface area contributed by atoms with Gasteiger partial charge in [0.05, 0.1) is 13.7 Å². The molecule has 0 amide bonds. The van der Waals surface area contributed by atoms with Crippen LogP contribution in [0.2, 0.25) is 23.7 Å². The van der Waals surface area contributed by atoms with Gasteiger partial charge < -0.3 is 4.74 Å². The van der Waals surface area contributed by atoms with Gasteiger partial charge in [0.25, 0.3) is 0 Å². The molecule has 0 aromatic heterocycles. The first kappa shape index (κ1) is 23.5. The quantitative estimate of drug-likeness (QED) is 0.282. The smallest absolute Gasteiger partial charge is 0.0598 e. The van der Waals surface area contributed by atoms with Crippen LogP contribution in [0.3, 0.4) is 0 Å². The zero-order valence-corrected chi connectivity index (χ0v) is 20.9. The molecule has 0 aromatic carbocycles. The number of rotatable bonds is 9. The molecule has 0 bridgehead atoms. The van der Waals surface area contributed by atoms with Gasteiger partial charge in [-0.3, -0.25) is 0 Å². The third-order valence-corrected chi connectivity index (χ3v) is 15.3. The Bertz CT molecular complexity index is 422. The SMILES string of the molecule is CC1C(C)C(C)C([Si](C)(CCCCCCOC(C)(C)C)C2CCCC2)C1C. The summed E-state index contributed by atoms with van der Waals surface area (Å²) >= 11 is 0. The van der Waals surface area contributed by atoms with Crippen LogP contribution in [0, 0.1) is 23.7 Å². The van der Waals surface area contributed by atoms with Crippen LogP contribution in [0.5, 0.6) is 0 Å². The summed E-state index contributed by atoms with van der Waals surface area (Å²) < 4.78 is 5.90. The molecule has 0 N–H and O–H groups in total. The number of ether oxygens (including phenoxy) is 1. The predicted molar refractivity (Wildman–Crippen MR) is 123 cm³/mol. The maximum absolute atomic E-state index is 5.90. The van der Waals surface area contributed by atoms with E-state index in [2.05, 4.69) is 55.0 Å². The van der Waals surface area contributed by atoms with Crippen LogP contribution in [-0.2, 0) is 4.74 Å². The Morgan fingerprint density at radius 1 is 0.778 bits per heavy atom. The van der Waals surface area contributed by atoms with Crippen LogP contribution >= 0.6 is 0 Å². The third-order valence-electron chi connectivity index (χ3n) is 8.82. The molecule has 5 atom stereocenters. The Kier molecular flexibility index (Phi) is 8.50. The highest BCUT2D eigenvalue weighted by atomic mass is 28.3. The molecule has 0 saturated heterocycles. The second-order valence-electron chi connectivity index (χ2n) is 11.6. The highest BCUT2D eigenvalue weighted by molar-refractivity contribution is 6.81. The van der Waals surface area contributed by atoms with Gasteiger partial charge in [0, 0.05) is 6.61 Å². The molecule has 0 spiro atoms. The van der Waals surface area contributed by atoms with Crippen molar-refractivity contribution in [3.63, 3.8) is 0 Å². The first-order valence-electron chi connectivity index (χ1n) is 12.2. The summed E-state index contributed by atoms with van der Waals surface area (Å²) in [6, 6.07) is 1.59. The molecule has 2 aliphatic carbocycles. The van der Waals surface area contributed by atoms with Crippen LogP contribution in [0.4, 0.5) is 0 Å². The van der Waals surface area contributed by atoms with E-state index in [0.717, 1.165) is 41.4 Å². The minimum Gasteiger partial charge on any atom is -0.376 e. The van der Waals surface area contributed by atoms with E-state index < -0.39 is 8.07 Å². The molecule has 0 aromatic rings. The predicted octanol–water partition coefficient (Wildman–Crippen LogP) is 8.31. The fourth-order valence-electron chi connectivity index (χ4n) is 6.86. The van der Waals surface area contributed by atoms with Gasteiger partial charge in [0.2, 0.25) is 0 Å². The Balaban J connectivity index is 1.91. The molecule has 2 heteroatoms. The first-order valence-corrected chi connectivity index (χ1v) is 15.1. The third kappa shape index (κ3) is 5.84. The molecular formula is C25H50OSi. The Hall–Kier alpha value is 0.177. The summed E-state index contributed by atoms with van der Waals surface area (Å²) in [7, 11) is -1.22. The van der Waals surface area contributed by atoms with Gasteiger partial charge in [-0.05, 0) is 61.9 Å². The van der Waals surface area contributed by atoms with Gasteiger partial charge in [-0.25, -0.2) is 0 Å². The zero-order valence-electron chi connectivity index (χ0n) is 19.9. The van der Waals surface area contributed by atoms with Crippen LogP contribution in [0.15, 0.2) is 0 Å². The summed E-state index contributed by atoms with van der Waals surface area (Å²) in [5, 5.41) is 0. The van der Waals surface area contributed by atoms with E-state index >= 15 is 0 Å². The Labute approximate surface area is 172 Å². The minimum absolute atomic E-state index is 0.0239. The highest BCUT2D eigenvalue weighted by Gasteiger charge is 2.53. The lowest BCUT2D eigenvalue weighted by Crippen LogP contribution is -2.44. The van der Waals surface area contributed by atoms with Gasteiger partial charge in [-0.15, -0.1) is 0 Å². The van der Waals surface area contributed by atoms with Gasteiger partial charge in [-0.1, -0.05) is 85.2 Å². The summed E-state index contributed by atoms with van der Waals surface area (Å²) in [6.07, 6.45) is 11.6. The number of hydrogen-bond donors (Lipinski definition) is 0. The van der Waals surface area contributed by atoms with Crippen LogP contribution in [0.1, 0.15) is 99.8 Å². The van der Waals surface area contributed by atoms with E-state index in [9.17, 15) is 0 Å². The molecule has 5 unspecified atom stereocenters. The topological polar surface area (TPSA) is 9.23 Å². The molecule has 160 valence electrons. The van der Waals surface area contributed by atoms with Crippen molar-refractivity contribution in [2.45, 2.75) is 129 Å². The molecule has 2 fully saturated rings. The van der Waals surface area contributed by atoms with Crippen LogP contribution in [0.25, 0.3) is 0 Å². The molecule has 2 aliphatic rings. The zero-order chi connectivity index (χ0) is 20.2. The van der Waals surface area contributed by atoms with Gasteiger partial charge in [0.1, 0.15) is 0 Å². The van der Waals surface area contributed by atoms with E-state index in [0.29, 0.717) is 0 Å². The molecule has 1 nitrogen and oxygen atoms in total. The van der Waals surface area contributed by atoms with E-state index in [-0.39, 0.29) is 5.60 Å². The highest BCUT2D eigenvalue weighted by Crippen LogP contribution is 2.59. The second-order valence-corrected chi connectivity index (χ2v) is 16.6. The monoisotopic (exact) mass is 394 g/mol. The number of hydrogen-bond acceptors (Lipinski definition) is 1. The van der Waals surface area contributed by atoms with Crippen LogP contribution in [-0.4, -0.2) is 20.3 Å². The van der Waals surface area contributed by atoms with Crippen LogP contribution < -0.4 is 0 Å². The van der Waals surface area contributed by atoms with Crippen molar-refractivity contribution in [2.24, 2.45) is 23.7 Å². The van der Waals surface area contributed by atoms with Gasteiger partial charge in [-0.2, -0.15) is 0 Å². The largest absolute Gasteiger partial charge is 0.376 e. The molecule has 0 heterocycles. The van der Waals surface area contributed by atoms with E-state index in [1.54, 1.807) is 18.9 Å². The lowest BCUT2D eigenvalue weighted by molar-refractivity contribution is -0.00471. The Morgan fingerprint density at radius 2 is 1.30 bits per heavy atom. The summed E-state index contributed by atoms with van der Waals surface area (Å²) in [6.45, 7) is 20.6. The fourth-order valence-corrected chi connectivity index (χ4v) is 13.9. The average molecular weight is 395 g/mol. The summed E-state index contributed by atoms with van der Waals surface area (Å²) in [5.41, 5.74) is 2.21. The maximum atomic E-state index is 5.90. The molecule has 2 saturated carbocycles. The van der Waals surface area contributed by atoms with Crippen molar-refractivity contribution in [3.8, 4) is 0 Å². The van der Waals surface area contributed by atoms with Gasteiger partial charge >= 0.3 is 0 Å². The summed E-state index contributed by atoms with van der Waals surface area (Å²) in [5.74, 6) is 3.75. The van der Waals surface area contributed by atoms with Crippen molar-refractivity contribution in [1.29, 1.82) is 0 Å². The molecule has 0 radical (unpaired) electrons. The molecule has 0 aliphatic heterocycles. The lowest BCUT2D eigenvalue weighted by Gasteiger charge is -2.44. The van der Waals surface area contributed by atoms with E-state index in [4.69, 9.17) is 4.74 Å². The minimum atomic E-state index is -1.22. The summed E-state index contributed by atoms with van der Waals surface area (Å²) in [4.78, 5) is 0. The normalized spacial score (nSPS) is 34.9. The van der Waals surface area contributed by atoms with Crippen molar-refractivity contribution in [2.75, 3.05) is 6.61 Å². The second kappa shape index (κ2) is 9.79. The maximum Gasteiger partial charge on any atom is 0.0598 e. The van der Waals surface area contributed by atoms with Crippen molar-refractivity contribution in [1.82, 2.24) is 0 Å². The standard InChI is InChI=1S/C25H50OSi/c1-19-20(2)22(4)24(21(19)3)27(8,23-15-11-12-16-23)18-14-10-9-13-17-26-25(5,6)7/h19-24H,9-18H2,1-8H3. The van der Waals surface area contributed by atoms with Gasteiger partial charge in [0.15, 0.2) is 0 Å². The molecule has 2 rings (SSSR count).